The predicted octanol–water partition coefficient (Wildman–Crippen LogP) is 3.43. The Bertz CT molecular complexity index is 580. The molecule has 5 heteroatoms. The van der Waals surface area contributed by atoms with Crippen LogP contribution < -0.4 is 5.73 Å². The van der Waals surface area contributed by atoms with Crippen molar-refractivity contribution in [1.29, 1.82) is 5.41 Å². The van der Waals surface area contributed by atoms with Crippen LogP contribution in [0.2, 0.25) is 0 Å². The average Bonchev–Trinajstić information content (AvgIpc) is 2.75. The van der Waals surface area contributed by atoms with Gasteiger partial charge in [-0.25, -0.2) is 0 Å². The van der Waals surface area contributed by atoms with E-state index in [4.69, 9.17) is 11.1 Å². The van der Waals surface area contributed by atoms with Crippen LogP contribution in [0.25, 0.3) is 0 Å². The van der Waals surface area contributed by atoms with Crippen molar-refractivity contribution in [2.75, 3.05) is 7.05 Å². The molecule has 0 aliphatic rings. The molecule has 1 aromatic carbocycles. The van der Waals surface area contributed by atoms with Crippen molar-refractivity contribution < 1.29 is 0 Å². The SMILES string of the molecule is CN(Cc1cccc(C(=N)N)c1)Cc1sccc1Br. The smallest absolute Gasteiger partial charge is 0.122 e. The highest BCUT2D eigenvalue weighted by Gasteiger charge is 2.07. The third kappa shape index (κ3) is 3.89. The van der Waals surface area contributed by atoms with Gasteiger partial charge in [-0.3, -0.25) is 10.3 Å². The van der Waals surface area contributed by atoms with Gasteiger partial charge in [0.2, 0.25) is 0 Å². The van der Waals surface area contributed by atoms with E-state index in [0.29, 0.717) is 0 Å². The first kappa shape index (κ1) is 14.2. The molecule has 0 aliphatic carbocycles. The van der Waals surface area contributed by atoms with Crippen LogP contribution >= 0.6 is 27.3 Å². The van der Waals surface area contributed by atoms with Gasteiger partial charge in [-0.2, -0.15) is 0 Å². The van der Waals surface area contributed by atoms with Gasteiger partial charge >= 0.3 is 0 Å². The van der Waals surface area contributed by atoms with Crippen molar-refractivity contribution in [3.63, 3.8) is 0 Å². The summed E-state index contributed by atoms with van der Waals surface area (Å²) in [4.78, 5) is 3.57. The molecule has 0 radical (unpaired) electrons. The molecule has 0 saturated heterocycles. The Morgan fingerprint density at radius 3 is 2.79 bits per heavy atom. The summed E-state index contributed by atoms with van der Waals surface area (Å²) < 4.78 is 1.17. The third-order valence-corrected chi connectivity index (χ3v) is 4.71. The molecule has 0 atom stereocenters. The van der Waals surface area contributed by atoms with Crippen molar-refractivity contribution in [3.8, 4) is 0 Å². The highest BCUT2D eigenvalue weighted by Crippen LogP contribution is 2.24. The van der Waals surface area contributed by atoms with Crippen molar-refractivity contribution >= 4 is 33.1 Å². The summed E-state index contributed by atoms with van der Waals surface area (Å²) in [5, 5.41) is 9.55. The standard InChI is InChI=1S/C14H16BrN3S/c1-18(9-13-12(15)5-6-19-13)8-10-3-2-4-11(7-10)14(16)17/h2-7H,8-9H2,1H3,(H3,16,17). The zero-order chi connectivity index (χ0) is 13.8. The van der Waals surface area contributed by atoms with Crippen LogP contribution in [-0.2, 0) is 13.1 Å². The third-order valence-electron chi connectivity index (χ3n) is 2.80. The molecule has 19 heavy (non-hydrogen) atoms. The number of thiophene rings is 1. The Balaban J connectivity index is 2.02. The van der Waals surface area contributed by atoms with E-state index in [-0.39, 0.29) is 5.84 Å². The van der Waals surface area contributed by atoms with Crippen LogP contribution in [0.4, 0.5) is 0 Å². The molecular weight excluding hydrogens is 322 g/mol. The molecule has 0 spiro atoms. The highest BCUT2D eigenvalue weighted by atomic mass is 79.9. The van der Waals surface area contributed by atoms with Gasteiger partial charge < -0.3 is 5.73 Å². The molecule has 2 rings (SSSR count). The minimum Gasteiger partial charge on any atom is -0.384 e. The first-order chi connectivity index (χ1) is 9.06. The number of nitrogen functional groups attached to an aromatic ring is 1. The lowest BCUT2D eigenvalue weighted by Gasteiger charge is -2.16. The largest absolute Gasteiger partial charge is 0.384 e. The molecule has 100 valence electrons. The summed E-state index contributed by atoms with van der Waals surface area (Å²) in [5.41, 5.74) is 7.46. The number of hydrogen-bond donors (Lipinski definition) is 2. The van der Waals surface area contributed by atoms with E-state index < -0.39 is 0 Å². The summed E-state index contributed by atoms with van der Waals surface area (Å²) in [6.07, 6.45) is 0. The van der Waals surface area contributed by atoms with Gasteiger partial charge in [0.1, 0.15) is 5.84 Å². The van der Waals surface area contributed by atoms with E-state index in [2.05, 4.69) is 45.4 Å². The van der Waals surface area contributed by atoms with Gasteiger partial charge in [0.05, 0.1) is 0 Å². The zero-order valence-corrected chi connectivity index (χ0v) is 13.1. The van der Waals surface area contributed by atoms with Crippen LogP contribution in [0.3, 0.4) is 0 Å². The van der Waals surface area contributed by atoms with Gasteiger partial charge in [-0.15, -0.1) is 11.3 Å². The summed E-state index contributed by atoms with van der Waals surface area (Å²) in [6.45, 7) is 1.74. The molecule has 3 nitrogen and oxygen atoms in total. The van der Waals surface area contributed by atoms with Crippen LogP contribution in [-0.4, -0.2) is 17.8 Å². The Kier molecular flexibility index (Phi) is 4.74. The summed E-state index contributed by atoms with van der Waals surface area (Å²) in [7, 11) is 2.09. The minimum atomic E-state index is 0.116. The predicted molar refractivity (Wildman–Crippen MR) is 84.6 cm³/mol. The number of nitrogens with two attached hydrogens (primary N) is 1. The zero-order valence-electron chi connectivity index (χ0n) is 10.7. The van der Waals surface area contributed by atoms with E-state index in [1.807, 2.05) is 18.2 Å². The molecular formula is C14H16BrN3S. The Morgan fingerprint density at radius 1 is 1.37 bits per heavy atom. The first-order valence-corrected chi connectivity index (χ1v) is 7.57. The minimum absolute atomic E-state index is 0.116. The van der Waals surface area contributed by atoms with Gasteiger partial charge in [0.15, 0.2) is 0 Å². The molecule has 0 aliphatic heterocycles. The lowest BCUT2D eigenvalue weighted by Crippen LogP contribution is -2.17. The molecule has 0 saturated carbocycles. The second-order valence-corrected chi connectivity index (χ2v) is 6.33. The lowest BCUT2D eigenvalue weighted by atomic mass is 10.1. The number of nitrogens with one attached hydrogen (secondary N) is 1. The van der Waals surface area contributed by atoms with Crippen LogP contribution in [0.1, 0.15) is 16.0 Å². The van der Waals surface area contributed by atoms with Crippen LogP contribution in [0.5, 0.6) is 0 Å². The van der Waals surface area contributed by atoms with E-state index in [9.17, 15) is 0 Å². The quantitative estimate of drug-likeness (QED) is 0.648. The second kappa shape index (κ2) is 6.32. The molecule has 0 unspecified atom stereocenters. The second-order valence-electron chi connectivity index (χ2n) is 4.48. The number of benzene rings is 1. The van der Waals surface area contributed by atoms with Crippen molar-refractivity contribution in [2.24, 2.45) is 5.73 Å². The maximum absolute atomic E-state index is 7.46. The lowest BCUT2D eigenvalue weighted by molar-refractivity contribution is 0.321. The maximum atomic E-state index is 7.46. The number of rotatable bonds is 5. The topological polar surface area (TPSA) is 53.1 Å². The number of hydrogen-bond acceptors (Lipinski definition) is 3. The maximum Gasteiger partial charge on any atom is 0.122 e. The molecule has 0 bridgehead atoms. The van der Waals surface area contributed by atoms with Crippen molar-refractivity contribution in [3.05, 3.63) is 56.2 Å². The van der Waals surface area contributed by atoms with Crippen LogP contribution in [0, 0.1) is 5.41 Å². The fourth-order valence-corrected chi connectivity index (χ4v) is 3.44. The van der Waals surface area contributed by atoms with Gasteiger partial charge in [0.25, 0.3) is 0 Å². The number of nitrogens with zero attached hydrogens (tertiary/aromatic N) is 1. The van der Waals surface area contributed by atoms with Crippen molar-refractivity contribution in [2.45, 2.75) is 13.1 Å². The van der Waals surface area contributed by atoms with E-state index in [1.165, 1.54) is 14.9 Å². The van der Waals surface area contributed by atoms with E-state index >= 15 is 0 Å². The molecule has 1 aromatic heterocycles. The molecule has 0 amide bonds. The Labute approximate surface area is 125 Å². The monoisotopic (exact) mass is 337 g/mol. The summed E-state index contributed by atoms with van der Waals surface area (Å²) in [6, 6.07) is 9.92. The summed E-state index contributed by atoms with van der Waals surface area (Å²) >= 11 is 5.30. The van der Waals surface area contributed by atoms with E-state index in [0.717, 1.165) is 18.7 Å². The van der Waals surface area contributed by atoms with Gasteiger partial charge in [-0.1, -0.05) is 18.2 Å². The van der Waals surface area contributed by atoms with Crippen LogP contribution in [0.15, 0.2) is 40.2 Å². The molecule has 0 fully saturated rings. The molecule has 3 N–H and O–H groups in total. The highest BCUT2D eigenvalue weighted by molar-refractivity contribution is 9.10. The molecule has 1 heterocycles. The first-order valence-electron chi connectivity index (χ1n) is 5.90. The summed E-state index contributed by atoms with van der Waals surface area (Å²) in [5.74, 6) is 0.116. The van der Waals surface area contributed by atoms with Gasteiger partial charge in [-0.05, 0) is 46.1 Å². The Morgan fingerprint density at radius 2 is 2.16 bits per heavy atom. The number of halogens is 1. The Hall–Kier alpha value is -1.17. The fourth-order valence-electron chi connectivity index (χ4n) is 1.89. The average molecular weight is 338 g/mol. The fraction of sp³-hybridized carbons (Fsp3) is 0.214. The number of amidine groups is 1. The van der Waals surface area contributed by atoms with Crippen molar-refractivity contribution in [1.82, 2.24) is 4.90 Å². The molecule has 2 aromatic rings. The van der Waals surface area contributed by atoms with E-state index in [1.54, 1.807) is 11.3 Å². The normalized spacial score (nSPS) is 10.9. The van der Waals surface area contributed by atoms with Gasteiger partial charge in [0, 0.05) is 28.0 Å².